The third-order valence-corrected chi connectivity index (χ3v) is 3.28. The number of carbonyl (C=O) groups excluding carboxylic acids is 1. The van der Waals surface area contributed by atoms with Crippen LogP contribution in [0.3, 0.4) is 0 Å². The Morgan fingerprint density at radius 2 is 1.88 bits per heavy atom. The maximum absolute atomic E-state index is 12.4. The largest absolute Gasteiger partial charge is 0.573 e. The maximum Gasteiger partial charge on any atom is 0.573 e. The average molecular weight is 369 g/mol. The number of pyridine rings is 1. The van der Waals surface area contributed by atoms with E-state index in [0.717, 1.165) is 18.6 Å². The van der Waals surface area contributed by atoms with Gasteiger partial charge >= 0.3 is 6.36 Å². The van der Waals surface area contributed by atoms with Crippen molar-refractivity contribution >= 4 is 17.4 Å². The molecule has 1 amide bonds. The van der Waals surface area contributed by atoms with E-state index in [-0.39, 0.29) is 12.4 Å². The molecule has 0 radical (unpaired) electrons. The predicted octanol–water partition coefficient (Wildman–Crippen LogP) is 3.42. The SMILES string of the molecule is O=C(Nc1ccc(OC(F)(F)F)cc1)c1cccnc1NCCCCO. The number of ether oxygens (including phenoxy) is 1. The first-order valence-electron chi connectivity index (χ1n) is 7.86. The Balaban J connectivity index is 2.01. The van der Waals surface area contributed by atoms with Gasteiger partial charge in [-0.05, 0) is 49.2 Å². The number of alkyl halides is 3. The Bertz CT molecular complexity index is 721. The highest BCUT2D eigenvalue weighted by atomic mass is 19.4. The number of benzene rings is 1. The number of nitrogens with zero attached hydrogens (tertiary/aromatic N) is 1. The van der Waals surface area contributed by atoms with E-state index in [1.165, 1.54) is 18.3 Å². The van der Waals surface area contributed by atoms with Crippen molar-refractivity contribution in [1.29, 1.82) is 0 Å². The molecular weight excluding hydrogens is 351 g/mol. The highest BCUT2D eigenvalue weighted by molar-refractivity contribution is 6.07. The van der Waals surface area contributed by atoms with Gasteiger partial charge in [-0.25, -0.2) is 4.98 Å². The van der Waals surface area contributed by atoms with E-state index >= 15 is 0 Å². The van der Waals surface area contributed by atoms with E-state index in [1.807, 2.05) is 0 Å². The number of carbonyl (C=O) groups is 1. The van der Waals surface area contributed by atoms with Crippen molar-refractivity contribution < 1.29 is 27.8 Å². The number of aliphatic hydroxyl groups is 1. The van der Waals surface area contributed by atoms with Crippen molar-refractivity contribution in [3.8, 4) is 5.75 Å². The normalized spacial score (nSPS) is 11.1. The van der Waals surface area contributed by atoms with Crippen LogP contribution in [0.4, 0.5) is 24.7 Å². The minimum Gasteiger partial charge on any atom is -0.406 e. The fraction of sp³-hybridized carbons (Fsp3) is 0.294. The van der Waals surface area contributed by atoms with Crippen molar-refractivity contribution in [2.75, 3.05) is 23.8 Å². The zero-order chi connectivity index (χ0) is 19.0. The lowest BCUT2D eigenvalue weighted by Crippen LogP contribution is -2.17. The summed E-state index contributed by atoms with van der Waals surface area (Å²) in [6.45, 7) is 0.632. The smallest absolute Gasteiger partial charge is 0.406 e. The van der Waals surface area contributed by atoms with E-state index in [0.29, 0.717) is 30.0 Å². The summed E-state index contributed by atoms with van der Waals surface area (Å²) in [7, 11) is 0. The Hall–Kier alpha value is -2.81. The number of aromatic nitrogens is 1. The van der Waals surface area contributed by atoms with Crippen LogP contribution in [0.1, 0.15) is 23.2 Å². The minimum absolute atomic E-state index is 0.0886. The number of anilines is 2. The summed E-state index contributed by atoms with van der Waals surface area (Å²) in [6.07, 6.45) is -1.88. The van der Waals surface area contributed by atoms with Crippen LogP contribution < -0.4 is 15.4 Å². The van der Waals surface area contributed by atoms with Crippen LogP contribution in [0.5, 0.6) is 5.75 Å². The van der Waals surface area contributed by atoms with Crippen LogP contribution >= 0.6 is 0 Å². The number of hydrogen-bond acceptors (Lipinski definition) is 5. The molecule has 1 heterocycles. The van der Waals surface area contributed by atoms with Gasteiger partial charge in [0.25, 0.3) is 5.91 Å². The lowest BCUT2D eigenvalue weighted by molar-refractivity contribution is -0.274. The number of hydrogen-bond donors (Lipinski definition) is 3. The van der Waals surface area contributed by atoms with Gasteiger partial charge in [-0.3, -0.25) is 4.79 Å². The van der Waals surface area contributed by atoms with Crippen LogP contribution in [0.15, 0.2) is 42.6 Å². The zero-order valence-electron chi connectivity index (χ0n) is 13.7. The Labute approximate surface area is 148 Å². The molecule has 9 heteroatoms. The molecule has 1 aromatic heterocycles. The third kappa shape index (κ3) is 6.25. The summed E-state index contributed by atoms with van der Waals surface area (Å²) in [6, 6.07) is 8.03. The van der Waals surface area contributed by atoms with Gasteiger partial charge in [-0.15, -0.1) is 13.2 Å². The zero-order valence-corrected chi connectivity index (χ0v) is 13.7. The molecule has 0 aliphatic carbocycles. The molecule has 140 valence electrons. The number of amides is 1. The van der Waals surface area contributed by atoms with Gasteiger partial charge in [0.2, 0.25) is 0 Å². The highest BCUT2D eigenvalue weighted by Gasteiger charge is 2.30. The molecule has 0 saturated heterocycles. The van der Waals surface area contributed by atoms with Gasteiger partial charge in [0.05, 0.1) is 5.56 Å². The summed E-state index contributed by atoms with van der Waals surface area (Å²) in [5.41, 5.74) is 0.617. The van der Waals surface area contributed by atoms with Gasteiger partial charge in [0.1, 0.15) is 11.6 Å². The number of aliphatic hydroxyl groups excluding tert-OH is 1. The predicted molar refractivity (Wildman–Crippen MR) is 90.1 cm³/mol. The van der Waals surface area contributed by atoms with Crippen molar-refractivity contribution in [1.82, 2.24) is 4.98 Å². The second kappa shape index (κ2) is 9.04. The van der Waals surface area contributed by atoms with Crippen LogP contribution in [0, 0.1) is 0 Å². The lowest BCUT2D eigenvalue weighted by Gasteiger charge is -2.12. The summed E-state index contributed by atoms with van der Waals surface area (Å²) in [5, 5.41) is 14.4. The van der Waals surface area contributed by atoms with Crippen molar-refractivity contribution in [2.45, 2.75) is 19.2 Å². The summed E-state index contributed by atoms with van der Waals surface area (Å²) in [4.78, 5) is 16.5. The fourth-order valence-electron chi connectivity index (χ4n) is 2.11. The Kier molecular flexibility index (Phi) is 6.79. The molecule has 2 aromatic rings. The minimum atomic E-state index is -4.77. The van der Waals surface area contributed by atoms with Crippen LogP contribution in [-0.4, -0.2) is 35.5 Å². The molecule has 6 nitrogen and oxygen atoms in total. The molecule has 0 unspecified atom stereocenters. The monoisotopic (exact) mass is 369 g/mol. The number of nitrogens with one attached hydrogen (secondary N) is 2. The number of rotatable bonds is 8. The molecule has 0 bridgehead atoms. The second-order valence-corrected chi connectivity index (χ2v) is 5.28. The standard InChI is InChI=1S/C17H18F3N3O3/c18-17(19,20)26-13-7-5-12(6-8-13)23-16(25)14-4-3-10-22-15(14)21-9-1-2-11-24/h3-8,10,24H,1-2,9,11H2,(H,21,22)(H,23,25). The van der Waals surface area contributed by atoms with Crippen molar-refractivity contribution in [3.05, 3.63) is 48.2 Å². The molecule has 0 aliphatic heterocycles. The summed E-state index contributed by atoms with van der Waals surface area (Å²) < 4.78 is 40.2. The third-order valence-electron chi connectivity index (χ3n) is 3.28. The van der Waals surface area contributed by atoms with Gasteiger partial charge in [-0.2, -0.15) is 0 Å². The van der Waals surface area contributed by atoms with Crippen molar-refractivity contribution in [3.63, 3.8) is 0 Å². The molecule has 0 saturated carbocycles. The van der Waals surface area contributed by atoms with E-state index in [2.05, 4.69) is 20.4 Å². The topological polar surface area (TPSA) is 83.5 Å². The number of unbranched alkanes of at least 4 members (excludes halogenated alkanes) is 1. The molecule has 1 aromatic carbocycles. The lowest BCUT2D eigenvalue weighted by atomic mass is 10.2. The Morgan fingerprint density at radius 1 is 1.15 bits per heavy atom. The van der Waals surface area contributed by atoms with E-state index in [9.17, 15) is 18.0 Å². The first-order chi connectivity index (χ1) is 12.4. The quantitative estimate of drug-likeness (QED) is 0.621. The van der Waals surface area contributed by atoms with E-state index in [1.54, 1.807) is 12.1 Å². The van der Waals surface area contributed by atoms with E-state index < -0.39 is 12.3 Å². The highest BCUT2D eigenvalue weighted by Crippen LogP contribution is 2.24. The van der Waals surface area contributed by atoms with Crippen LogP contribution in [0.2, 0.25) is 0 Å². The van der Waals surface area contributed by atoms with Gasteiger partial charge in [0.15, 0.2) is 0 Å². The van der Waals surface area contributed by atoms with E-state index in [4.69, 9.17) is 5.11 Å². The maximum atomic E-state index is 12.4. The second-order valence-electron chi connectivity index (χ2n) is 5.28. The summed E-state index contributed by atoms with van der Waals surface area (Å²) in [5.74, 6) is -0.435. The molecule has 2 rings (SSSR count). The Morgan fingerprint density at radius 3 is 2.54 bits per heavy atom. The van der Waals surface area contributed by atoms with Crippen LogP contribution in [0.25, 0.3) is 0 Å². The molecule has 0 aliphatic rings. The molecular formula is C17H18F3N3O3. The average Bonchev–Trinajstić information content (AvgIpc) is 2.59. The van der Waals surface area contributed by atoms with Gasteiger partial charge in [-0.1, -0.05) is 0 Å². The summed E-state index contributed by atoms with van der Waals surface area (Å²) >= 11 is 0. The molecule has 3 N–H and O–H groups in total. The van der Waals surface area contributed by atoms with Gasteiger partial charge in [0, 0.05) is 25.0 Å². The van der Waals surface area contributed by atoms with Crippen LogP contribution in [-0.2, 0) is 0 Å². The molecule has 0 spiro atoms. The van der Waals surface area contributed by atoms with Crippen molar-refractivity contribution in [2.24, 2.45) is 0 Å². The molecule has 0 atom stereocenters. The first kappa shape index (κ1) is 19.5. The fourth-order valence-corrected chi connectivity index (χ4v) is 2.11. The van der Waals surface area contributed by atoms with Gasteiger partial charge < -0.3 is 20.5 Å². The molecule has 26 heavy (non-hydrogen) atoms. The number of halogens is 3. The first-order valence-corrected chi connectivity index (χ1v) is 7.86. The molecule has 0 fully saturated rings.